The van der Waals surface area contributed by atoms with Crippen molar-refractivity contribution in [1.29, 1.82) is 0 Å². The monoisotopic (exact) mass is 417 g/mol. The van der Waals surface area contributed by atoms with Crippen LogP contribution in [0.3, 0.4) is 0 Å². The van der Waals surface area contributed by atoms with Crippen LogP contribution < -0.4 is 4.90 Å². The normalized spacial score (nSPS) is 19.3. The molecule has 3 heterocycles. The van der Waals surface area contributed by atoms with Crippen LogP contribution in [0.15, 0.2) is 28.8 Å². The lowest BCUT2D eigenvalue weighted by atomic mass is 9.99. The summed E-state index contributed by atoms with van der Waals surface area (Å²) in [7, 11) is 0. The standard InChI is InChI=1S/C20H17ClFN3O2S/c21-13-5-3-6-14(18(13)22)25-10-12(9-17(25)26)19-23-20(27-24-19)16-8-11-4-1-2-7-15(11)28-16/h3,5-6,8,12H,1-2,4,7,9-10H2. The third-order valence-corrected chi connectivity index (χ3v) is 6.88. The predicted molar refractivity (Wildman–Crippen MR) is 105 cm³/mol. The van der Waals surface area contributed by atoms with E-state index < -0.39 is 5.82 Å². The molecular formula is C20H17ClFN3O2S. The Balaban J connectivity index is 1.38. The average Bonchev–Trinajstić information content (AvgIpc) is 3.41. The van der Waals surface area contributed by atoms with Crippen LogP contribution in [-0.4, -0.2) is 22.6 Å². The Morgan fingerprint density at radius 2 is 2.14 bits per heavy atom. The minimum Gasteiger partial charge on any atom is -0.333 e. The van der Waals surface area contributed by atoms with E-state index in [1.165, 1.54) is 34.2 Å². The van der Waals surface area contributed by atoms with Crippen LogP contribution in [0.5, 0.6) is 0 Å². The summed E-state index contributed by atoms with van der Waals surface area (Å²) >= 11 is 7.56. The van der Waals surface area contributed by atoms with E-state index in [9.17, 15) is 9.18 Å². The van der Waals surface area contributed by atoms with Crippen molar-refractivity contribution in [2.24, 2.45) is 0 Å². The van der Waals surface area contributed by atoms with E-state index in [1.54, 1.807) is 23.5 Å². The summed E-state index contributed by atoms with van der Waals surface area (Å²) in [6.45, 7) is 0.302. The van der Waals surface area contributed by atoms with Crippen molar-refractivity contribution in [3.8, 4) is 10.8 Å². The van der Waals surface area contributed by atoms with Gasteiger partial charge in [-0.1, -0.05) is 22.8 Å². The number of benzene rings is 1. The average molecular weight is 418 g/mol. The number of halogens is 2. The second-order valence-electron chi connectivity index (χ2n) is 7.20. The molecule has 8 heteroatoms. The van der Waals surface area contributed by atoms with Crippen LogP contribution in [0.25, 0.3) is 10.8 Å². The van der Waals surface area contributed by atoms with Crippen LogP contribution in [-0.2, 0) is 17.6 Å². The number of hydrogen-bond donors (Lipinski definition) is 0. The maximum Gasteiger partial charge on any atom is 0.268 e. The number of carbonyl (C=O) groups excluding carboxylic acids is 1. The van der Waals surface area contributed by atoms with E-state index >= 15 is 0 Å². The van der Waals surface area contributed by atoms with Gasteiger partial charge in [-0.15, -0.1) is 11.3 Å². The highest BCUT2D eigenvalue weighted by Crippen LogP contribution is 2.37. The molecule has 144 valence electrons. The maximum atomic E-state index is 14.3. The molecule has 0 saturated carbocycles. The fraction of sp³-hybridized carbons (Fsp3) is 0.350. The number of nitrogens with zero attached hydrogens (tertiary/aromatic N) is 3. The molecule has 1 fully saturated rings. The van der Waals surface area contributed by atoms with Gasteiger partial charge >= 0.3 is 0 Å². The highest BCUT2D eigenvalue weighted by atomic mass is 35.5. The summed E-state index contributed by atoms with van der Waals surface area (Å²) in [5.74, 6) is -0.0212. The number of aryl methyl sites for hydroxylation is 2. The van der Waals surface area contributed by atoms with E-state index in [2.05, 4.69) is 16.2 Å². The zero-order valence-corrected chi connectivity index (χ0v) is 16.5. The second-order valence-corrected chi connectivity index (χ2v) is 8.75. The summed E-state index contributed by atoms with van der Waals surface area (Å²) in [5.41, 5.74) is 1.57. The fourth-order valence-corrected chi connectivity index (χ4v) is 5.26. The van der Waals surface area contributed by atoms with E-state index in [4.69, 9.17) is 16.1 Å². The van der Waals surface area contributed by atoms with Crippen molar-refractivity contribution in [2.75, 3.05) is 11.4 Å². The third kappa shape index (κ3) is 3.02. The van der Waals surface area contributed by atoms with Gasteiger partial charge in [0.1, 0.15) is 0 Å². The molecule has 3 aromatic rings. The van der Waals surface area contributed by atoms with Crippen LogP contribution in [0.1, 0.15) is 41.4 Å². The van der Waals surface area contributed by atoms with Crippen molar-refractivity contribution < 1.29 is 13.7 Å². The Morgan fingerprint density at radius 1 is 1.29 bits per heavy atom. The fourth-order valence-electron chi connectivity index (χ4n) is 3.91. The number of carbonyl (C=O) groups is 1. The van der Waals surface area contributed by atoms with Gasteiger partial charge in [-0.2, -0.15) is 4.98 Å². The number of rotatable bonds is 3. The molecule has 28 heavy (non-hydrogen) atoms. The molecule has 1 amide bonds. The van der Waals surface area contributed by atoms with Crippen molar-refractivity contribution in [1.82, 2.24) is 10.1 Å². The van der Waals surface area contributed by atoms with Gasteiger partial charge < -0.3 is 9.42 Å². The minimum atomic E-state index is -0.587. The number of hydrogen-bond acceptors (Lipinski definition) is 5. The molecule has 1 unspecified atom stereocenters. The van der Waals surface area contributed by atoms with Crippen molar-refractivity contribution in [3.63, 3.8) is 0 Å². The molecule has 5 nitrogen and oxygen atoms in total. The predicted octanol–water partition coefficient (Wildman–Crippen LogP) is 4.99. The van der Waals surface area contributed by atoms with Crippen molar-refractivity contribution in [3.05, 3.63) is 51.4 Å². The number of anilines is 1. The van der Waals surface area contributed by atoms with Crippen LogP contribution in [0, 0.1) is 5.82 Å². The lowest BCUT2D eigenvalue weighted by Gasteiger charge is -2.17. The smallest absolute Gasteiger partial charge is 0.268 e. The SMILES string of the molecule is O=C1CC(c2noc(-c3cc4c(s3)CCCC4)n2)CN1c1cccc(Cl)c1F. The first-order chi connectivity index (χ1) is 13.6. The first kappa shape index (κ1) is 17.8. The molecule has 1 aromatic carbocycles. The molecule has 1 aliphatic carbocycles. The Labute approximate surface area is 170 Å². The van der Waals surface area contributed by atoms with Gasteiger partial charge in [0.05, 0.1) is 15.6 Å². The van der Waals surface area contributed by atoms with Gasteiger partial charge in [0.25, 0.3) is 5.89 Å². The molecule has 1 saturated heterocycles. The molecule has 0 N–H and O–H groups in total. The first-order valence-electron chi connectivity index (χ1n) is 9.30. The summed E-state index contributed by atoms with van der Waals surface area (Å²) in [5, 5.41) is 4.10. The molecule has 1 atom stereocenters. The number of amides is 1. The van der Waals surface area contributed by atoms with Gasteiger partial charge in [-0.25, -0.2) is 4.39 Å². The summed E-state index contributed by atoms with van der Waals surface area (Å²) in [4.78, 5) is 20.8. The molecule has 0 spiro atoms. The quantitative estimate of drug-likeness (QED) is 0.602. The molecule has 2 aliphatic rings. The van der Waals surface area contributed by atoms with Gasteiger partial charge in [0, 0.05) is 23.8 Å². The number of fused-ring (bicyclic) bond motifs is 1. The molecule has 5 rings (SSSR count). The Bertz CT molecular complexity index is 1040. The van der Waals surface area contributed by atoms with E-state index in [0.717, 1.165) is 17.7 Å². The lowest BCUT2D eigenvalue weighted by molar-refractivity contribution is -0.117. The van der Waals surface area contributed by atoms with Gasteiger partial charge in [-0.05, 0) is 49.4 Å². The van der Waals surface area contributed by atoms with Gasteiger partial charge in [0.2, 0.25) is 5.91 Å². The highest BCUT2D eigenvalue weighted by Gasteiger charge is 2.36. The van der Waals surface area contributed by atoms with Crippen molar-refractivity contribution in [2.45, 2.75) is 38.0 Å². The Morgan fingerprint density at radius 3 is 3.00 bits per heavy atom. The Hall–Kier alpha value is -2.25. The van der Waals surface area contributed by atoms with Crippen LogP contribution in [0.4, 0.5) is 10.1 Å². The largest absolute Gasteiger partial charge is 0.333 e. The Kier molecular flexibility index (Phi) is 4.44. The summed E-state index contributed by atoms with van der Waals surface area (Å²) in [6, 6.07) is 6.79. The van der Waals surface area contributed by atoms with Gasteiger partial charge in [-0.3, -0.25) is 4.79 Å². The van der Waals surface area contributed by atoms with E-state index in [0.29, 0.717) is 18.3 Å². The van der Waals surface area contributed by atoms with E-state index in [1.807, 2.05) is 0 Å². The number of aromatic nitrogens is 2. The van der Waals surface area contributed by atoms with Gasteiger partial charge in [0.15, 0.2) is 11.6 Å². The highest BCUT2D eigenvalue weighted by molar-refractivity contribution is 7.15. The summed E-state index contributed by atoms with van der Waals surface area (Å²) in [6.07, 6.45) is 4.87. The second kappa shape index (κ2) is 6.97. The molecule has 0 bridgehead atoms. The molecule has 1 aliphatic heterocycles. The summed E-state index contributed by atoms with van der Waals surface area (Å²) < 4.78 is 19.8. The number of thiophene rings is 1. The van der Waals surface area contributed by atoms with Crippen LogP contribution >= 0.6 is 22.9 Å². The molecule has 2 aromatic heterocycles. The zero-order valence-electron chi connectivity index (χ0n) is 15.0. The lowest BCUT2D eigenvalue weighted by Crippen LogP contribution is -2.25. The first-order valence-corrected chi connectivity index (χ1v) is 10.5. The molecular weight excluding hydrogens is 401 g/mol. The topological polar surface area (TPSA) is 59.2 Å². The molecule has 0 radical (unpaired) electrons. The van der Waals surface area contributed by atoms with Crippen molar-refractivity contribution >= 4 is 34.5 Å². The zero-order chi connectivity index (χ0) is 19.3. The minimum absolute atomic E-state index is 0.00254. The maximum absolute atomic E-state index is 14.3. The third-order valence-electron chi connectivity index (χ3n) is 5.36. The van der Waals surface area contributed by atoms with E-state index in [-0.39, 0.29) is 29.0 Å². The van der Waals surface area contributed by atoms with Crippen LogP contribution in [0.2, 0.25) is 5.02 Å².